The fraction of sp³-hybridized carbons (Fsp3) is 0.529. The largest absolute Gasteiger partial charge is 0.303 e. The van der Waals surface area contributed by atoms with Crippen LogP contribution in [0.3, 0.4) is 0 Å². The normalized spacial score (nSPS) is 20.2. The number of likely N-dealkylation sites (tertiary alicyclic amines) is 1. The molecule has 4 nitrogen and oxygen atoms in total. The molecule has 1 saturated heterocycles. The predicted octanol–water partition coefficient (Wildman–Crippen LogP) is 2.81. The van der Waals surface area contributed by atoms with Gasteiger partial charge >= 0.3 is 0 Å². The summed E-state index contributed by atoms with van der Waals surface area (Å²) in [4.78, 5) is 18.1. The van der Waals surface area contributed by atoms with Crippen LogP contribution in [0, 0.1) is 5.92 Å². The summed E-state index contributed by atoms with van der Waals surface area (Å²) in [7, 11) is 0. The van der Waals surface area contributed by atoms with Crippen molar-refractivity contribution in [2.75, 3.05) is 13.1 Å². The Balaban J connectivity index is 1.79. The first-order valence-electron chi connectivity index (χ1n) is 7.82. The maximum atomic E-state index is 11.0. The molecule has 0 aliphatic carbocycles. The van der Waals surface area contributed by atoms with Crippen LogP contribution in [0.25, 0.3) is 5.52 Å². The fourth-order valence-electron chi connectivity index (χ4n) is 3.27. The third kappa shape index (κ3) is 3.00. The minimum atomic E-state index is 0.617. The maximum absolute atomic E-state index is 11.0. The second-order valence-corrected chi connectivity index (χ2v) is 6.35. The number of nitrogens with zero attached hydrogens (tertiary/aromatic N) is 3. The highest BCUT2D eigenvalue weighted by Gasteiger charge is 2.23. The van der Waals surface area contributed by atoms with Crippen molar-refractivity contribution in [1.82, 2.24) is 14.3 Å². The summed E-state index contributed by atoms with van der Waals surface area (Å²) in [5, 5.41) is 0. The molecule has 0 bridgehead atoms. The number of carbonyl (C=O) groups excluding carboxylic acids is 1. The summed E-state index contributed by atoms with van der Waals surface area (Å²) in [6.45, 7) is 6.90. The third-order valence-electron chi connectivity index (χ3n) is 4.51. The number of aromatic nitrogens is 2. The first kappa shape index (κ1) is 14.3. The van der Waals surface area contributed by atoms with Crippen LogP contribution in [0.15, 0.2) is 24.5 Å². The van der Waals surface area contributed by atoms with E-state index < -0.39 is 0 Å². The summed E-state index contributed by atoms with van der Waals surface area (Å²) in [5.41, 5.74) is 1.77. The average molecular weight is 285 g/mol. The van der Waals surface area contributed by atoms with Gasteiger partial charge in [0.2, 0.25) is 0 Å². The quantitative estimate of drug-likeness (QED) is 0.811. The van der Waals surface area contributed by atoms with E-state index >= 15 is 0 Å². The molecule has 1 fully saturated rings. The first-order chi connectivity index (χ1) is 10.2. The van der Waals surface area contributed by atoms with Crippen LogP contribution >= 0.6 is 0 Å². The van der Waals surface area contributed by atoms with Gasteiger partial charge in [0, 0.05) is 30.8 Å². The minimum absolute atomic E-state index is 0.617. The zero-order chi connectivity index (χ0) is 14.8. The molecule has 0 radical (unpaired) electrons. The van der Waals surface area contributed by atoms with E-state index in [9.17, 15) is 4.79 Å². The van der Waals surface area contributed by atoms with E-state index in [2.05, 4.69) is 28.1 Å². The highest BCUT2D eigenvalue weighted by Crippen LogP contribution is 2.22. The van der Waals surface area contributed by atoms with Crippen molar-refractivity contribution in [2.45, 2.75) is 39.2 Å². The molecule has 1 unspecified atom stereocenters. The fourth-order valence-corrected chi connectivity index (χ4v) is 3.27. The number of aldehydes is 1. The lowest BCUT2D eigenvalue weighted by atomic mass is 9.93. The Morgan fingerprint density at radius 3 is 3.05 bits per heavy atom. The van der Waals surface area contributed by atoms with Gasteiger partial charge in [0.1, 0.15) is 5.82 Å². The van der Waals surface area contributed by atoms with Crippen molar-refractivity contribution in [3.05, 3.63) is 35.9 Å². The van der Waals surface area contributed by atoms with Crippen LogP contribution < -0.4 is 0 Å². The molecule has 0 saturated carbocycles. The smallest absolute Gasteiger partial charge is 0.151 e. The Bertz CT molecular complexity index is 632. The van der Waals surface area contributed by atoms with Gasteiger partial charge in [-0.2, -0.15) is 0 Å². The van der Waals surface area contributed by atoms with Crippen LogP contribution in [0.1, 0.15) is 42.9 Å². The zero-order valence-electron chi connectivity index (χ0n) is 12.8. The van der Waals surface area contributed by atoms with Crippen molar-refractivity contribution in [2.24, 2.45) is 5.92 Å². The summed E-state index contributed by atoms with van der Waals surface area (Å²) in [6.07, 6.45) is 8.21. The van der Waals surface area contributed by atoms with E-state index in [4.69, 9.17) is 0 Å². The Hall–Kier alpha value is -1.68. The van der Waals surface area contributed by atoms with E-state index in [1.165, 1.54) is 19.4 Å². The molecule has 4 heteroatoms. The molecule has 112 valence electrons. The molecule has 2 aromatic heterocycles. The lowest BCUT2D eigenvalue weighted by Crippen LogP contribution is -2.40. The van der Waals surface area contributed by atoms with E-state index in [0.29, 0.717) is 17.5 Å². The van der Waals surface area contributed by atoms with E-state index in [1.807, 2.05) is 24.5 Å². The van der Waals surface area contributed by atoms with Gasteiger partial charge in [0.15, 0.2) is 6.29 Å². The van der Waals surface area contributed by atoms with Crippen molar-refractivity contribution < 1.29 is 4.79 Å². The molecule has 0 spiro atoms. The SMILES string of the molecule is CC(C)N1CCCC(Cc2ncc3ccc(C=O)cn23)C1. The number of carbonyl (C=O) groups is 1. The van der Waals surface area contributed by atoms with Gasteiger partial charge in [-0.3, -0.25) is 4.79 Å². The molecule has 2 aromatic rings. The summed E-state index contributed by atoms with van der Waals surface area (Å²) < 4.78 is 2.07. The molecule has 0 N–H and O–H groups in total. The summed E-state index contributed by atoms with van der Waals surface area (Å²) in [5.74, 6) is 1.73. The Kier molecular flexibility index (Phi) is 4.06. The van der Waals surface area contributed by atoms with Crippen molar-refractivity contribution in [1.29, 1.82) is 0 Å². The summed E-state index contributed by atoms with van der Waals surface area (Å²) >= 11 is 0. The number of rotatable bonds is 4. The molecule has 1 atom stereocenters. The standard InChI is InChI=1S/C17H23N3O/c1-13(2)19-7-3-4-14(10-19)8-17-18-9-16-6-5-15(12-21)11-20(16)17/h5-6,9,11-14H,3-4,7-8,10H2,1-2H3. The first-order valence-corrected chi connectivity index (χ1v) is 7.82. The van der Waals surface area contributed by atoms with Crippen LogP contribution in [0.2, 0.25) is 0 Å². The van der Waals surface area contributed by atoms with Crippen LogP contribution in [0.4, 0.5) is 0 Å². The van der Waals surface area contributed by atoms with Crippen LogP contribution in [-0.2, 0) is 6.42 Å². The van der Waals surface area contributed by atoms with Crippen molar-refractivity contribution in [3.8, 4) is 0 Å². The second kappa shape index (κ2) is 5.98. The topological polar surface area (TPSA) is 37.6 Å². The van der Waals surface area contributed by atoms with E-state index in [1.54, 1.807) is 0 Å². The number of hydrogen-bond donors (Lipinski definition) is 0. The molecule has 0 amide bonds. The van der Waals surface area contributed by atoms with E-state index in [0.717, 1.165) is 30.6 Å². The molecular weight excluding hydrogens is 262 g/mol. The number of piperidine rings is 1. The van der Waals surface area contributed by atoms with Crippen LogP contribution in [-0.4, -0.2) is 39.7 Å². The van der Waals surface area contributed by atoms with Gasteiger partial charge in [-0.25, -0.2) is 4.98 Å². The summed E-state index contributed by atoms with van der Waals surface area (Å²) in [6, 6.07) is 4.42. The monoisotopic (exact) mass is 285 g/mol. The highest BCUT2D eigenvalue weighted by molar-refractivity contribution is 5.75. The Morgan fingerprint density at radius 1 is 1.43 bits per heavy atom. The van der Waals surface area contributed by atoms with Crippen molar-refractivity contribution >= 4 is 11.8 Å². The lowest BCUT2D eigenvalue weighted by Gasteiger charge is -2.35. The van der Waals surface area contributed by atoms with Gasteiger partial charge in [0.25, 0.3) is 0 Å². The molecule has 3 rings (SSSR count). The molecule has 1 aliphatic rings. The zero-order valence-corrected chi connectivity index (χ0v) is 12.8. The second-order valence-electron chi connectivity index (χ2n) is 6.35. The van der Waals surface area contributed by atoms with Crippen molar-refractivity contribution in [3.63, 3.8) is 0 Å². The number of hydrogen-bond acceptors (Lipinski definition) is 3. The highest BCUT2D eigenvalue weighted by atomic mass is 16.1. The van der Waals surface area contributed by atoms with Crippen LogP contribution in [0.5, 0.6) is 0 Å². The van der Waals surface area contributed by atoms with Gasteiger partial charge < -0.3 is 9.30 Å². The average Bonchev–Trinajstić information content (AvgIpc) is 2.89. The van der Waals surface area contributed by atoms with Gasteiger partial charge in [0.05, 0.1) is 11.7 Å². The molecule has 21 heavy (non-hydrogen) atoms. The number of imidazole rings is 1. The molecule has 0 aromatic carbocycles. The lowest BCUT2D eigenvalue weighted by molar-refractivity contribution is 0.112. The third-order valence-corrected chi connectivity index (χ3v) is 4.51. The number of pyridine rings is 1. The van der Waals surface area contributed by atoms with Gasteiger partial charge in [-0.05, 0) is 51.3 Å². The predicted molar refractivity (Wildman–Crippen MR) is 83.7 cm³/mol. The minimum Gasteiger partial charge on any atom is -0.303 e. The van der Waals surface area contributed by atoms with Gasteiger partial charge in [-0.1, -0.05) is 0 Å². The van der Waals surface area contributed by atoms with Gasteiger partial charge in [-0.15, -0.1) is 0 Å². The number of fused-ring (bicyclic) bond motifs is 1. The van der Waals surface area contributed by atoms with E-state index in [-0.39, 0.29) is 0 Å². The molecular formula is C17H23N3O. The Labute approximate surface area is 125 Å². The maximum Gasteiger partial charge on any atom is 0.151 e. The molecule has 3 heterocycles. The Morgan fingerprint density at radius 2 is 2.29 bits per heavy atom. The molecule has 1 aliphatic heterocycles.